The number of nitrogens with zero attached hydrogens (tertiary/aromatic N) is 2. The summed E-state index contributed by atoms with van der Waals surface area (Å²) in [5, 5.41) is 11.0. The molecule has 0 saturated carbocycles. The number of hydrogen-bond donors (Lipinski definition) is 1. The number of ether oxygens (including phenoxy) is 2. The first-order chi connectivity index (χ1) is 13.5. The van der Waals surface area contributed by atoms with E-state index in [0.29, 0.717) is 17.2 Å². The maximum atomic E-state index is 13.3. The van der Waals surface area contributed by atoms with Crippen LogP contribution in [0.25, 0.3) is 0 Å². The largest absolute Gasteiger partial charge is 0.493 e. The lowest BCUT2D eigenvalue weighted by Crippen LogP contribution is -2.26. The van der Waals surface area contributed by atoms with Crippen LogP contribution in [0.4, 0.5) is 10.8 Å². The number of carbonyl (C=O) groups excluding carboxylic acids is 1. The molecule has 0 fully saturated rings. The summed E-state index contributed by atoms with van der Waals surface area (Å²) in [5.74, 6) is -0.738. The minimum Gasteiger partial charge on any atom is -0.493 e. The third-order valence-corrected chi connectivity index (χ3v) is 4.99. The van der Waals surface area contributed by atoms with Crippen LogP contribution in [0.2, 0.25) is 5.02 Å². The molecule has 144 valence electrons. The van der Waals surface area contributed by atoms with Crippen molar-refractivity contribution in [3.63, 3.8) is 0 Å². The van der Waals surface area contributed by atoms with E-state index in [2.05, 4.69) is 4.98 Å². The molecule has 1 N–H and O–H groups in total. The molecular weight excluding hydrogens is 404 g/mol. The van der Waals surface area contributed by atoms with Gasteiger partial charge in [0.1, 0.15) is 0 Å². The van der Waals surface area contributed by atoms with Crippen LogP contribution in [0.1, 0.15) is 20.8 Å². The molecule has 1 aromatic heterocycles. The van der Waals surface area contributed by atoms with Gasteiger partial charge in [-0.05, 0) is 24.3 Å². The summed E-state index contributed by atoms with van der Waals surface area (Å²) < 4.78 is 10.6. The molecule has 0 saturated heterocycles. The number of carboxylic acid groups (broad SMARTS) is 1. The lowest BCUT2D eigenvalue weighted by atomic mass is 10.1. The van der Waals surface area contributed by atoms with Crippen LogP contribution in [0.5, 0.6) is 11.5 Å². The van der Waals surface area contributed by atoms with Crippen molar-refractivity contribution in [3.8, 4) is 11.5 Å². The van der Waals surface area contributed by atoms with Crippen LogP contribution in [-0.2, 0) is 0 Å². The van der Waals surface area contributed by atoms with Crippen molar-refractivity contribution >= 4 is 45.6 Å². The Morgan fingerprint density at radius 2 is 1.82 bits per heavy atom. The summed E-state index contributed by atoms with van der Waals surface area (Å²) in [6.45, 7) is 0. The summed E-state index contributed by atoms with van der Waals surface area (Å²) in [4.78, 5) is 29.9. The number of amides is 1. The van der Waals surface area contributed by atoms with Gasteiger partial charge in [-0.3, -0.25) is 9.69 Å². The molecule has 0 aliphatic heterocycles. The Kier molecular flexibility index (Phi) is 5.81. The van der Waals surface area contributed by atoms with Gasteiger partial charge in [0.15, 0.2) is 22.3 Å². The zero-order valence-electron chi connectivity index (χ0n) is 14.9. The van der Waals surface area contributed by atoms with E-state index in [1.165, 1.54) is 24.5 Å². The van der Waals surface area contributed by atoms with E-state index < -0.39 is 11.9 Å². The summed E-state index contributed by atoms with van der Waals surface area (Å²) in [6.07, 6.45) is 0. The van der Waals surface area contributed by atoms with Gasteiger partial charge in [0, 0.05) is 11.4 Å². The second-order valence-electron chi connectivity index (χ2n) is 5.48. The molecule has 3 aromatic rings. The van der Waals surface area contributed by atoms with Crippen molar-refractivity contribution in [1.82, 2.24) is 4.98 Å². The highest BCUT2D eigenvalue weighted by atomic mass is 35.5. The molecule has 0 aliphatic carbocycles. The van der Waals surface area contributed by atoms with Crippen LogP contribution in [0.15, 0.2) is 47.8 Å². The predicted octanol–water partition coefficient (Wildman–Crippen LogP) is 4.49. The number of carbonyl (C=O) groups is 2. The first kappa shape index (κ1) is 19.7. The fraction of sp³-hybridized carbons (Fsp3) is 0.105. The van der Waals surface area contributed by atoms with E-state index in [9.17, 15) is 14.7 Å². The number of aromatic nitrogens is 1. The number of thiazole rings is 1. The zero-order chi connectivity index (χ0) is 20.3. The highest BCUT2D eigenvalue weighted by Crippen LogP contribution is 2.37. The third-order valence-electron chi connectivity index (χ3n) is 3.84. The molecule has 2 aromatic carbocycles. The lowest BCUT2D eigenvalue weighted by molar-refractivity contribution is 0.0691. The quantitative estimate of drug-likeness (QED) is 0.634. The normalized spacial score (nSPS) is 10.4. The first-order valence-electron chi connectivity index (χ1n) is 7.96. The topological polar surface area (TPSA) is 89.0 Å². The van der Waals surface area contributed by atoms with E-state index >= 15 is 0 Å². The van der Waals surface area contributed by atoms with Gasteiger partial charge >= 0.3 is 5.97 Å². The number of benzene rings is 2. The summed E-state index contributed by atoms with van der Waals surface area (Å²) in [7, 11) is 2.98. The minimum absolute atomic E-state index is 0.155. The van der Waals surface area contributed by atoms with Gasteiger partial charge < -0.3 is 14.6 Å². The average Bonchev–Trinajstić information content (AvgIpc) is 3.18. The molecule has 7 nitrogen and oxygen atoms in total. The Balaban J connectivity index is 2.15. The van der Waals surface area contributed by atoms with E-state index in [1.807, 2.05) is 0 Å². The van der Waals surface area contributed by atoms with Gasteiger partial charge in [0.2, 0.25) is 0 Å². The molecule has 0 bridgehead atoms. The van der Waals surface area contributed by atoms with E-state index in [-0.39, 0.29) is 21.4 Å². The summed E-state index contributed by atoms with van der Waals surface area (Å²) >= 11 is 7.23. The highest BCUT2D eigenvalue weighted by molar-refractivity contribution is 7.14. The SMILES string of the molecule is COc1ccc(N(C(=O)c2ccccc2Cl)c2nc(C(=O)O)cs2)cc1OC. The fourth-order valence-electron chi connectivity index (χ4n) is 2.50. The van der Waals surface area contributed by atoms with Crippen molar-refractivity contribution in [2.45, 2.75) is 0 Å². The molecule has 28 heavy (non-hydrogen) atoms. The predicted molar refractivity (Wildman–Crippen MR) is 107 cm³/mol. The second kappa shape index (κ2) is 8.28. The Hall–Kier alpha value is -3.10. The van der Waals surface area contributed by atoms with E-state index in [4.69, 9.17) is 21.1 Å². The van der Waals surface area contributed by atoms with Crippen molar-refractivity contribution < 1.29 is 24.2 Å². The van der Waals surface area contributed by atoms with Crippen LogP contribution in [-0.4, -0.2) is 36.2 Å². The van der Waals surface area contributed by atoms with Gasteiger partial charge in [-0.25, -0.2) is 9.78 Å². The molecule has 0 radical (unpaired) electrons. The van der Waals surface area contributed by atoms with Crippen LogP contribution < -0.4 is 14.4 Å². The van der Waals surface area contributed by atoms with Gasteiger partial charge in [-0.2, -0.15) is 0 Å². The monoisotopic (exact) mass is 418 g/mol. The summed E-state index contributed by atoms with van der Waals surface area (Å²) in [5.41, 5.74) is 0.525. The average molecular weight is 419 g/mol. The highest BCUT2D eigenvalue weighted by Gasteiger charge is 2.26. The number of anilines is 2. The van der Waals surface area contributed by atoms with Gasteiger partial charge in [0.25, 0.3) is 5.91 Å². The van der Waals surface area contributed by atoms with Gasteiger partial charge in [-0.15, -0.1) is 11.3 Å². The Morgan fingerprint density at radius 1 is 1.11 bits per heavy atom. The standard InChI is InChI=1S/C19H15ClN2O5S/c1-26-15-8-7-11(9-16(15)27-2)22(19-21-14(10-28-19)18(24)25)17(23)12-5-3-4-6-13(12)20/h3-10H,1-2H3,(H,24,25). The fourth-order valence-corrected chi connectivity index (χ4v) is 3.53. The van der Waals surface area contributed by atoms with Crippen LogP contribution >= 0.6 is 22.9 Å². The minimum atomic E-state index is -1.18. The Labute approximate surface area is 169 Å². The molecule has 0 aliphatic rings. The number of rotatable bonds is 6. The molecule has 3 rings (SSSR count). The van der Waals surface area contributed by atoms with Crippen molar-refractivity contribution in [3.05, 3.63) is 64.1 Å². The number of halogens is 1. The molecular formula is C19H15ClN2O5S. The first-order valence-corrected chi connectivity index (χ1v) is 9.22. The number of aromatic carboxylic acids is 1. The van der Waals surface area contributed by atoms with Crippen molar-refractivity contribution in [1.29, 1.82) is 0 Å². The van der Waals surface area contributed by atoms with Gasteiger partial charge in [-0.1, -0.05) is 23.7 Å². The lowest BCUT2D eigenvalue weighted by Gasteiger charge is -2.22. The van der Waals surface area contributed by atoms with Crippen LogP contribution in [0.3, 0.4) is 0 Å². The molecule has 0 unspecified atom stereocenters. The molecule has 9 heteroatoms. The maximum absolute atomic E-state index is 13.3. The molecule has 1 amide bonds. The maximum Gasteiger partial charge on any atom is 0.355 e. The van der Waals surface area contributed by atoms with E-state index in [0.717, 1.165) is 11.3 Å². The Bertz CT molecular complexity index is 1040. The van der Waals surface area contributed by atoms with Crippen molar-refractivity contribution in [2.75, 3.05) is 19.1 Å². The Morgan fingerprint density at radius 3 is 2.43 bits per heavy atom. The zero-order valence-corrected chi connectivity index (χ0v) is 16.5. The second-order valence-corrected chi connectivity index (χ2v) is 6.72. The number of hydrogen-bond acceptors (Lipinski definition) is 6. The summed E-state index contributed by atoms with van der Waals surface area (Å²) in [6, 6.07) is 11.5. The molecule has 1 heterocycles. The van der Waals surface area contributed by atoms with Gasteiger partial charge in [0.05, 0.1) is 30.5 Å². The molecule has 0 atom stereocenters. The molecule has 0 spiro atoms. The van der Waals surface area contributed by atoms with Crippen molar-refractivity contribution in [2.24, 2.45) is 0 Å². The van der Waals surface area contributed by atoms with E-state index in [1.54, 1.807) is 42.5 Å². The third kappa shape index (κ3) is 3.78. The number of methoxy groups -OCH3 is 2. The van der Waals surface area contributed by atoms with Crippen LogP contribution in [0, 0.1) is 0 Å². The smallest absolute Gasteiger partial charge is 0.355 e. The number of carboxylic acids is 1.